The van der Waals surface area contributed by atoms with E-state index in [-0.39, 0.29) is 18.0 Å². The largest absolute Gasteiger partial charge is 0.350 e. The SMILES string of the molecule is CC(C)(NC(=O)CN)C12CC3CC(CC(C3)C1)C2. The third kappa shape index (κ3) is 1.78. The number of rotatable bonds is 3. The number of hydrogen-bond acceptors (Lipinski definition) is 2. The van der Waals surface area contributed by atoms with Crippen LogP contribution in [0.5, 0.6) is 0 Å². The van der Waals surface area contributed by atoms with E-state index in [0.29, 0.717) is 5.41 Å². The number of hydrogen-bond donors (Lipinski definition) is 2. The molecule has 0 aromatic carbocycles. The van der Waals surface area contributed by atoms with Gasteiger partial charge in [-0.1, -0.05) is 0 Å². The molecule has 0 radical (unpaired) electrons. The number of nitrogens with two attached hydrogens (primary N) is 1. The van der Waals surface area contributed by atoms with Gasteiger partial charge in [-0.3, -0.25) is 4.79 Å². The van der Waals surface area contributed by atoms with Crippen molar-refractivity contribution < 1.29 is 4.79 Å². The highest BCUT2D eigenvalue weighted by atomic mass is 16.2. The minimum atomic E-state index is -0.0978. The normalized spacial score (nSPS) is 42.1. The molecule has 4 aliphatic carbocycles. The van der Waals surface area contributed by atoms with E-state index in [1.165, 1.54) is 38.5 Å². The van der Waals surface area contributed by atoms with Crippen LogP contribution in [0.1, 0.15) is 52.4 Å². The van der Waals surface area contributed by atoms with Crippen molar-refractivity contribution >= 4 is 5.91 Å². The van der Waals surface area contributed by atoms with Gasteiger partial charge in [-0.2, -0.15) is 0 Å². The molecule has 0 saturated heterocycles. The molecule has 4 saturated carbocycles. The van der Waals surface area contributed by atoms with E-state index in [1.807, 2.05) is 0 Å². The molecule has 0 atom stereocenters. The fraction of sp³-hybridized carbons (Fsp3) is 0.933. The molecule has 0 aromatic rings. The lowest BCUT2D eigenvalue weighted by molar-refractivity contribution is -0.131. The molecule has 4 fully saturated rings. The second kappa shape index (κ2) is 3.96. The summed E-state index contributed by atoms with van der Waals surface area (Å²) in [5, 5.41) is 3.20. The third-order valence-corrected chi connectivity index (χ3v) is 6.00. The summed E-state index contributed by atoms with van der Waals surface area (Å²) in [6.45, 7) is 4.54. The van der Waals surface area contributed by atoms with Gasteiger partial charge in [0, 0.05) is 5.54 Å². The summed E-state index contributed by atoms with van der Waals surface area (Å²) in [7, 11) is 0. The summed E-state index contributed by atoms with van der Waals surface area (Å²) >= 11 is 0. The molecule has 3 N–H and O–H groups in total. The summed E-state index contributed by atoms with van der Waals surface area (Å²) in [5.41, 5.74) is 5.70. The van der Waals surface area contributed by atoms with Crippen molar-refractivity contribution in [3.05, 3.63) is 0 Å². The van der Waals surface area contributed by atoms with Gasteiger partial charge < -0.3 is 11.1 Å². The van der Waals surface area contributed by atoms with Gasteiger partial charge in [0.25, 0.3) is 0 Å². The van der Waals surface area contributed by atoms with Crippen molar-refractivity contribution in [3.8, 4) is 0 Å². The van der Waals surface area contributed by atoms with E-state index in [2.05, 4.69) is 19.2 Å². The van der Waals surface area contributed by atoms with Crippen molar-refractivity contribution in [1.82, 2.24) is 5.32 Å². The molecule has 102 valence electrons. The molecule has 0 aliphatic heterocycles. The first kappa shape index (κ1) is 12.5. The highest BCUT2D eigenvalue weighted by molar-refractivity contribution is 5.78. The van der Waals surface area contributed by atoms with E-state index in [1.54, 1.807) is 0 Å². The Morgan fingerprint density at radius 3 is 2.00 bits per heavy atom. The number of carbonyl (C=O) groups excluding carboxylic acids is 1. The summed E-state index contributed by atoms with van der Waals surface area (Å²) in [6.07, 6.45) is 8.28. The molecule has 0 spiro atoms. The van der Waals surface area contributed by atoms with Crippen LogP contribution in [0, 0.1) is 23.2 Å². The Hall–Kier alpha value is -0.570. The first-order chi connectivity index (χ1) is 8.44. The zero-order chi connectivity index (χ0) is 13.0. The molecule has 0 unspecified atom stereocenters. The quantitative estimate of drug-likeness (QED) is 0.805. The van der Waals surface area contributed by atoms with Crippen LogP contribution in [0.25, 0.3) is 0 Å². The molecule has 4 aliphatic rings. The molecule has 3 nitrogen and oxygen atoms in total. The topological polar surface area (TPSA) is 55.1 Å². The van der Waals surface area contributed by atoms with Gasteiger partial charge in [-0.15, -0.1) is 0 Å². The van der Waals surface area contributed by atoms with Crippen molar-refractivity contribution in [3.63, 3.8) is 0 Å². The summed E-state index contributed by atoms with van der Waals surface area (Å²) in [4.78, 5) is 11.7. The minimum absolute atomic E-state index is 0.00394. The molecule has 0 aromatic heterocycles. The van der Waals surface area contributed by atoms with Crippen LogP contribution in [-0.4, -0.2) is 18.0 Å². The Labute approximate surface area is 110 Å². The van der Waals surface area contributed by atoms with Crippen LogP contribution in [-0.2, 0) is 4.79 Å². The predicted octanol–water partition coefficient (Wildman–Crippen LogP) is 2.06. The Bertz CT molecular complexity index is 326. The van der Waals surface area contributed by atoms with E-state index in [0.717, 1.165) is 17.8 Å². The molecule has 3 heteroatoms. The van der Waals surface area contributed by atoms with Crippen LogP contribution < -0.4 is 11.1 Å². The van der Waals surface area contributed by atoms with Crippen LogP contribution in [0.2, 0.25) is 0 Å². The molecule has 4 rings (SSSR count). The maximum atomic E-state index is 11.7. The Kier molecular flexibility index (Phi) is 2.74. The highest BCUT2D eigenvalue weighted by Gasteiger charge is 2.57. The van der Waals surface area contributed by atoms with E-state index in [4.69, 9.17) is 5.73 Å². The van der Waals surface area contributed by atoms with Gasteiger partial charge in [0.15, 0.2) is 0 Å². The molecular formula is C15H26N2O. The van der Waals surface area contributed by atoms with Crippen LogP contribution >= 0.6 is 0 Å². The maximum absolute atomic E-state index is 11.7. The van der Waals surface area contributed by atoms with Gasteiger partial charge in [-0.05, 0) is 75.5 Å². The lowest BCUT2D eigenvalue weighted by Crippen LogP contribution is -2.63. The number of carbonyl (C=O) groups is 1. The first-order valence-corrected chi connectivity index (χ1v) is 7.45. The second-order valence-corrected chi connectivity index (χ2v) is 7.58. The fourth-order valence-electron chi connectivity index (χ4n) is 5.41. The minimum Gasteiger partial charge on any atom is -0.350 e. The van der Waals surface area contributed by atoms with Gasteiger partial charge in [0.1, 0.15) is 0 Å². The average Bonchev–Trinajstić information content (AvgIpc) is 2.26. The van der Waals surface area contributed by atoms with Crippen molar-refractivity contribution in [1.29, 1.82) is 0 Å². The third-order valence-electron chi connectivity index (χ3n) is 6.00. The molecular weight excluding hydrogens is 224 g/mol. The Morgan fingerprint density at radius 1 is 1.17 bits per heavy atom. The zero-order valence-electron chi connectivity index (χ0n) is 11.7. The van der Waals surface area contributed by atoms with Crippen molar-refractivity contribution in [2.75, 3.05) is 6.54 Å². The Morgan fingerprint density at radius 2 is 1.61 bits per heavy atom. The van der Waals surface area contributed by atoms with Crippen molar-refractivity contribution in [2.45, 2.75) is 57.9 Å². The highest BCUT2D eigenvalue weighted by Crippen LogP contribution is 2.63. The van der Waals surface area contributed by atoms with Gasteiger partial charge in [-0.25, -0.2) is 0 Å². The second-order valence-electron chi connectivity index (χ2n) is 7.58. The zero-order valence-corrected chi connectivity index (χ0v) is 11.7. The van der Waals surface area contributed by atoms with E-state index in [9.17, 15) is 4.79 Å². The lowest BCUT2D eigenvalue weighted by atomic mass is 9.45. The first-order valence-electron chi connectivity index (χ1n) is 7.45. The molecule has 18 heavy (non-hydrogen) atoms. The number of amides is 1. The predicted molar refractivity (Wildman–Crippen MR) is 71.9 cm³/mol. The van der Waals surface area contributed by atoms with E-state index >= 15 is 0 Å². The summed E-state index contributed by atoms with van der Waals surface area (Å²) in [6, 6.07) is 0. The Balaban J connectivity index is 1.83. The molecule has 4 bridgehead atoms. The maximum Gasteiger partial charge on any atom is 0.234 e. The van der Waals surface area contributed by atoms with Crippen LogP contribution in [0.15, 0.2) is 0 Å². The van der Waals surface area contributed by atoms with Crippen molar-refractivity contribution in [2.24, 2.45) is 28.9 Å². The number of nitrogens with one attached hydrogen (secondary N) is 1. The van der Waals surface area contributed by atoms with Crippen LogP contribution in [0.4, 0.5) is 0 Å². The van der Waals surface area contributed by atoms with E-state index < -0.39 is 0 Å². The monoisotopic (exact) mass is 250 g/mol. The van der Waals surface area contributed by atoms with Crippen LogP contribution in [0.3, 0.4) is 0 Å². The molecule has 1 amide bonds. The fourth-order valence-corrected chi connectivity index (χ4v) is 5.41. The molecule has 0 heterocycles. The average molecular weight is 250 g/mol. The summed E-state index contributed by atoms with van der Waals surface area (Å²) < 4.78 is 0. The lowest BCUT2D eigenvalue weighted by Gasteiger charge is -2.62. The van der Waals surface area contributed by atoms with Gasteiger partial charge in [0.05, 0.1) is 6.54 Å². The van der Waals surface area contributed by atoms with Gasteiger partial charge >= 0.3 is 0 Å². The smallest absolute Gasteiger partial charge is 0.234 e. The summed E-state index contributed by atoms with van der Waals surface area (Å²) in [5.74, 6) is 2.76. The standard InChI is InChI=1S/C15H26N2O/c1-14(2,17-13(18)9-16)15-6-10-3-11(7-15)5-12(4-10)8-15/h10-12H,3-9,16H2,1-2H3,(H,17,18). The van der Waals surface area contributed by atoms with Gasteiger partial charge in [0.2, 0.25) is 5.91 Å².